The highest BCUT2D eigenvalue weighted by Crippen LogP contribution is 2.20. The van der Waals surface area contributed by atoms with Gasteiger partial charge in [0.1, 0.15) is 0 Å². The maximum atomic E-state index is 11.9. The minimum Gasteiger partial charge on any atom is -0.318 e. The molecular weight excluding hydrogens is 254 g/mol. The summed E-state index contributed by atoms with van der Waals surface area (Å²) >= 11 is 5.56. The van der Waals surface area contributed by atoms with Crippen LogP contribution in [0.5, 0.6) is 0 Å². The van der Waals surface area contributed by atoms with Crippen LogP contribution in [0, 0.1) is 0 Å². The van der Waals surface area contributed by atoms with Crippen LogP contribution in [-0.2, 0) is 13.5 Å². The van der Waals surface area contributed by atoms with Crippen LogP contribution in [0.15, 0.2) is 22.5 Å². The van der Waals surface area contributed by atoms with Crippen LogP contribution < -0.4 is 5.32 Å². The van der Waals surface area contributed by atoms with Gasteiger partial charge in [0.05, 0.1) is 16.3 Å². The summed E-state index contributed by atoms with van der Waals surface area (Å²) in [6, 6.07) is 1.76. The second-order valence-corrected chi connectivity index (χ2v) is 5.07. The van der Waals surface area contributed by atoms with Crippen molar-refractivity contribution in [3.8, 4) is 0 Å². The average molecular weight is 267 g/mol. The van der Waals surface area contributed by atoms with Gasteiger partial charge >= 0.3 is 0 Å². The lowest BCUT2D eigenvalue weighted by Crippen LogP contribution is -2.10. The van der Waals surface area contributed by atoms with Crippen LogP contribution in [0.3, 0.4) is 0 Å². The van der Waals surface area contributed by atoms with Gasteiger partial charge in [-0.3, -0.25) is 9.48 Å². The van der Waals surface area contributed by atoms with Crippen molar-refractivity contribution in [2.45, 2.75) is 18.2 Å². The predicted molar refractivity (Wildman–Crippen MR) is 72.1 cm³/mol. The highest BCUT2D eigenvalue weighted by Gasteiger charge is 2.12. The first-order chi connectivity index (χ1) is 8.10. The fraction of sp³-hybridized carbons (Fsp3) is 0.273. The number of amides is 1. The number of nitrogens with one attached hydrogen (secondary N) is 1. The molecule has 0 saturated heterocycles. The van der Waals surface area contributed by atoms with Gasteiger partial charge in [0, 0.05) is 23.5 Å². The summed E-state index contributed by atoms with van der Waals surface area (Å²) < 4.78 is 1.70. The molecule has 2 aromatic rings. The summed E-state index contributed by atoms with van der Waals surface area (Å²) in [6.07, 6.45) is 2.60. The van der Waals surface area contributed by atoms with Crippen LogP contribution in [0.2, 0.25) is 0 Å². The number of nitrogens with zero attached hydrogens (tertiary/aromatic N) is 2. The molecule has 0 spiro atoms. The minimum atomic E-state index is -0.113. The number of rotatable bonds is 3. The molecule has 0 radical (unpaired) electrons. The Balaban J connectivity index is 2.18. The van der Waals surface area contributed by atoms with E-state index in [0.29, 0.717) is 4.88 Å². The van der Waals surface area contributed by atoms with E-state index in [1.54, 1.807) is 10.7 Å². The van der Waals surface area contributed by atoms with Crippen molar-refractivity contribution >= 4 is 35.6 Å². The molecule has 0 unspecified atom stereocenters. The minimum absolute atomic E-state index is 0.113. The summed E-state index contributed by atoms with van der Waals surface area (Å²) in [5.74, 6) is -0.113. The molecule has 2 heterocycles. The first kappa shape index (κ1) is 12.2. The summed E-state index contributed by atoms with van der Waals surface area (Å²) in [7, 11) is 1.84. The molecule has 17 heavy (non-hydrogen) atoms. The molecule has 0 aliphatic rings. The van der Waals surface area contributed by atoms with Gasteiger partial charge in [-0.15, -0.1) is 24.0 Å². The van der Waals surface area contributed by atoms with Crippen LogP contribution in [-0.4, -0.2) is 15.7 Å². The number of aryl methyl sites for hydroxylation is 2. The molecule has 2 aromatic heterocycles. The second kappa shape index (κ2) is 4.93. The van der Waals surface area contributed by atoms with Crippen molar-refractivity contribution in [3.05, 3.63) is 28.2 Å². The number of thiophene rings is 1. The van der Waals surface area contributed by atoms with Gasteiger partial charge in [0.25, 0.3) is 5.91 Å². The van der Waals surface area contributed by atoms with E-state index in [1.165, 1.54) is 11.3 Å². The smallest absolute Gasteiger partial charge is 0.265 e. The number of hydrogen-bond acceptors (Lipinski definition) is 4. The standard InChI is InChI=1S/C11H13N3OS2/c1-3-8-9(5-14(2)13-8)12-11(15)10-4-7(16)6-17-10/h4-6,16H,3H2,1-2H3,(H,12,15). The summed E-state index contributed by atoms with van der Waals surface area (Å²) in [4.78, 5) is 13.4. The molecule has 1 amide bonds. The first-order valence-corrected chi connectivity index (χ1v) is 6.54. The van der Waals surface area contributed by atoms with Gasteiger partial charge in [0.2, 0.25) is 0 Å². The molecule has 4 nitrogen and oxygen atoms in total. The average Bonchev–Trinajstić information content (AvgIpc) is 2.85. The molecule has 6 heteroatoms. The maximum Gasteiger partial charge on any atom is 0.265 e. The van der Waals surface area contributed by atoms with Gasteiger partial charge in [-0.2, -0.15) is 5.10 Å². The number of hydrogen-bond donors (Lipinski definition) is 2. The first-order valence-electron chi connectivity index (χ1n) is 5.21. The van der Waals surface area contributed by atoms with Gasteiger partial charge in [-0.1, -0.05) is 6.92 Å². The Kier molecular flexibility index (Phi) is 3.54. The maximum absolute atomic E-state index is 11.9. The molecule has 0 fully saturated rings. The highest BCUT2D eigenvalue weighted by atomic mass is 32.1. The third kappa shape index (κ3) is 2.70. The van der Waals surface area contributed by atoms with E-state index >= 15 is 0 Å². The second-order valence-electron chi connectivity index (χ2n) is 3.64. The Labute approximate surface area is 109 Å². The van der Waals surface area contributed by atoms with E-state index in [9.17, 15) is 4.79 Å². The molecule has 90 valence electrons. The van der Waals surface area contributed by atoms with E-state index in [-0.39, 0.29) is 5.91 Å². The molecule has 0 aliphatic heterocycles. The Hall–Kier alpha value is -1.27. The van der Waals surface area contributed by atoms with Crippen LogP contribution >= 0.6 is 24.0 Å². The fourth-order valence-electron chi connectivity index (χ4n) is 1.53. The Morgan fingerprint density at radius 1 is 1.65 bits per heavy atom. The Morgan fingerprint density at radius 2 is 2.41 bits per heavy atom. The molecular formula is C11H13N3OS2. The van der Waals surface area contributed by atoms with Crippen LogP contribution in [0.1, 0.15) is 22.3 Å². The lowest BCUT2D eigenvalue weighted by atomic mass is 10.3. The van der Waals surface area contributed by atoms with Gasteiger partial charge in [-0.25, -0.2) is 0 Å². The van der Waals surface area contributed by atoms with Gasteiger partial charge in [-0.05, 0) is 12.5 Å². The number of anilines is 1. The third-order valence-corrected chi connectivity index (χ3v) is 3.66. The van der Waals surface area contributed by atoms with Crippen molar-refractivity contribution in [2.75, 3.05) is 5.32 Å². The summed E-state index contributed by atoms with van der Waals surface area (Å²) in [6.45, 7) is 2.01. The molecule has 1 N–H and O–H groups in total. The van der Waals surface area contributed by atoms with Crippen molar-refractivity contribution < 1.29 is 4.79 Å². The Morgan fingerprint density at radius 3 is 3.00 bits per heavy atom. The summed E-state index contributed by atoms with van der Waals surface area (Å²) in [5, 5.41) is 8.97. The lowest BCUT2D eigenvalue weighted by molar-refractivity contribution is 0.103. The molecule has 0 aliphatic carbocycles. The van der Waals surface area contributed by atoms with E-state index in [0.717, 1.165) is 22.7 Å². The van der Waals surface area contributed by atoms with E-state index in [4.69, 9.17) is 0 Å². The normalized spacial score (nSPS) is 10.5. The summed E-state index contributed by atoms with van der Waals surface area (Å²) in [5.41, 5.74) is 1.66. The predicted octanol–water partition coefficient (Wildman–Crippen LogP) is 2.59. The number of carbonyl (C=O) groups excluding carboxylic acids is 1. The van der Waals surface area contributed by atoms with Gasteiger partial charge < -0.3 is 5.32 Å². The zero-order valence-electron chi connectivity index (χ0n) is 9.60. The molecule has 0 atom stereocenters. The van der Waals surface area contributed by atoms with Crippen LogP contribution in [0.4, 0.5) is 5.69 Å². The molecule has 0 bridgehead atoms. The van der Waals surface area contributed by atoms with E-state index in [2.05, 4.69) is 23.0 Å². The number of thiol groups is 1. The van der Waals surface area contributed by atoms with Crippen molar-refractivity contribution in [1.29, 1.82) is 0 Å². The van der Waals surface area contributed by atoms with Crippen molar-refractivity contribution in [3.63, 3.8) is 0 Å². The number of aromatic nitrogens is 2. The zero-order valence-corrected chi connectivity index (χ0v) is 11.3. The van der Waals surface area contributed by atoms with Crippen molar-refractivity contribution in [1.82, 2.24) is 9.78 Å². The SMILES string of the molecule is CCc1nn(C)cc1NC(=O)c1cc(S)cs1. The molecule has 0 saturated carbocycles. The van der Waals surface area contributed by atoms with E-state index in [1.807, 2.05) is 25.5 Å². The largest absolute Gasteiger partial charge is 0.318 e. The third-order valence-electron chi connectivity index (χ3n) is 2.30. The van der Waals surface area contributed by atoms with Crippen LogP contribution in [0.25, 0.3) is 0 Å². The Bertz CT molecular complexity index is 545. The highest BCUT2D eigenvalue weighted by molar-refractivity contribution is 7.80. The fourth-order valence-corrected chi connectivity index (χ4v) is 2.57. The lowest BCUT2D eigenvalue weighted by Gasteiger charge is -2.01. The number of carbonyl (C=O) groups is 1. The van der Waals surface area contributed by atoms with Crippen molar-refractivity contribution in [2.24, 2.45) is 7.05 Å². The topological polar surface area (TPSA) is 46.9 Å². The van der Waals surface area contributed by atoms with E-state index < -0.39 is 0 Å². The molecule has 0 aromatic carbocycles. The monoisotopic (exact) mass is 267 g/mol. The van der Waals surface area contributed by atoms with Gasteiger partial charge in [0.15, 0.2) is 0 Å². The zero-order chi connectivity index (χ0) is 12.4. The quantitative estimate of drug-likeness (QED) is 0.840. The molecule has 2 rings (SSSR count).